The third kappa shape index (κ3) is 7.00. The Morgan fingerprint density at radius 1 is 1.34 bits per heavy atom. The van der Waals surface area contributed by atoms with Crippen molar-refractivity contribution in [3.8, 4) is 0 Å². The summed E-state index contributed by atoms with van der Waals surface area (Å²) in [5.74, 6) is -0.778. The first-order chi connectivity index (χ1) is 13.6. The zero-order chi connectivity index (χ0) is 21.6. The molecule has 0 saturated heterocycles. The number of aldehydes is 1. The third-order valence-electron chi connectivity index (χ3n) is 4.46. The highest BCUT2D eigenvalue weighted by Crippen LogP contribution is 2.19. The lowest BCUT2D eigenvalue weighted by molar-refractivity contribution is -0.151. The summed E-state index contributed by atoms with van der Waals surface area (Å²) >= 11 is 0. The molecule has 1 atom stereocenters. The summed E-state index contributed by atoms with van der Waals surface area (Å²) in [5, 5.41) is 0. The maximum atomic E-state index is 12.7. The van der Waals surface area contributed by atoms with E-state index in [0.29, 0.717) is 48.2 Å². The molecule has 1 unspecified atom stereocenters. The Morgan fingerprint density at radius 3 is 2.66 bits per heavy atom. The molecular formula is C22H27BN2O4. The highest BCUT2D eigenvalue weighted by Gasteiger charge is 2.24. The monoisotopic (exact) mass is 394 g/mol. The average molecular weight is 394 g/mol. The molecular weight excluding hydrogens is 367 g/mol. The minimum atomic E-state index is -0.460. The summed E-state index contributed by atoms with van der Waals surface area (Å²) in [4.78, 5) is 40.2. The molecule has 0 amide bonds. The van der Waals surface area contributed by atoms with Crippen molar-refractivity contribution < 1.29 is 14.3 Å². The van der Waals surface area contributed by atoms with E-state index in [9.17, 15) is 14.4 Å². The van der Waals surface area contributed by atoms with Gasteiger partial charge in [0.2, 0.25) is 0 Å². The van der Waals surface area contributed by atoms with Crippen LogP contribution in [0.1, 0.15) is 48.8 Å². The molecule has 0 aliphatic heterocycles. The quantitative estimate of drug-likeness (QED) is 0.387. The minimum Gasteiger partial charge on any atom is -0.465 e. The van der Waals surface area contributed by atoms with Gasteiger partial charge in [-0.2, -0.15) is 0 Å². The third-order valence-corrected chi connectivity index (χ3v) is 4.46. The topological polar surface area (TPSA) is 78.3 Å². The van der Waals surface area contributed by atoms with Crippen molar-refractivity contribution in [2.45, 2.75) is 40.0 Å². The second kappa shape index (κ2) is 9.68. The summed E-state index contributed by atoms with van der Waals surface area (Å²) in [6.45, 7) is 6.28. The molecule has 0 aromatic carbocycles. The van der Waals surface area contributed by atoms with Crippen molar-refractivity contribution in [1.82, 2.24) is 9.55 Å². The van der Waals surface area contributed by atoms with Crippen LogP contribution in [0.2, 0.25) is 0 Å². The number of aryl methyl sites for hydroxylation is 2. The molecule has 2 radical (unpaired) electrons. The van der Waals surface area contributed by atoms with Crippen LogP contribution < -0.4 is 11.0 Å². The number of nitrogens with zero attached hydrogens (tertiary/aromatic N) is 2. The average Bonchev–Trinajstić information content (AvgIpc) is 2.66. The highest BCUT2D eigenvalue weighted by molar-refractivity contribution is 6.32. The van der Waals surface area contributed by atoms with Gasteiger partial charge >= 0.3 is 5.97 Å². The summed E-state index contributed by atoms with van der Waals surface area (Å²) in [5.41, 5.74) is 1.95. The van der Waals surface area contributed by atoms with Crippen LogP contribution in [-0.4, -0.2) is 36.3 Å². The van der Waals surface area contributed by atoms with Gasteiger partial charge in [-0.3, -0.25) is 19.4 Å². The van der Waals surface area contributed by atoms with Crippen LogP contribution >= 0.6 is 0 Å². The van der Waals surface area contributed by atoms with Crippen LogP contribution in [0.4, 0.5) is 0 Å². The second-order valence-electron chi connectivity index (χ2n) is 8.52. The molecule has 2 heterocycles. The van der Waals surface area contributed by atoms with Crippen molar-refractivity contribution in [3.63, 3.8) is 0 Å². The van der Waals surface area contributed by atoms with Gasteiger partial charge in [-0.05, 0) is 36.6 Å². The van der Waals surface area contributed by atoms with E-state index in [-0.39, 0.29) is 16.9 Å². The van der Waals surface area contributed by atoms with E-state index >= 15 is 0 Å². The number of hydrogen-bond acceptors (Lipinski definition) is 5. The van der Waals surface area contributed by atoms with Crippen LogP contribution in [0.15, 0.2) is 35.4 Å². The standard InChI is InChI=1S/C22H27BN2O4/c1-22(2,3)14-29-21(28)17(10-19-8-5-15(13-26)11-24-19)7-6-16-9-18(23)12-25(4)20(16)27/h5,8-9,11-13,17H,6-7,10,14H2,1-4H3. The van der Waals surface area contributed by atoms with Gasteiger partial charge in [-0.15, -0.1) is 0 Å². The molecule has 0 fully saturated rings. The van der Waals surface area contributed by atoms with E-state index in [1.807, 2.05) is 20.8 Å². The molecule has 2 aromatic rings. The molecule has 2 aromatic heterocycles. The largest absolute Gasteiger partial charge is 0.465 e. The molecule has 152 valence electrons. The lowest BCUT2D eigenvalue weighted by Crippen LogP contribution is -2.28. The smallest absolute Gasteiger partial charge is 0.309 e. The second-order valence-corrected chi connectivity index (χ2v) is 8.52. The summed E-state index contributed by atoms with van der Waals surface area (Å²) in [6, 6.07) is 5.05. The Labute approximate surface area is 172 Å². The van der Waals surface area contributed by atoms with Gasteiger partial charge < -0.3 is 9.30 Å². The number of ether oxygens (including phenoxy) is 1. The fourth-order valence-electron chi connectivity index (χ4n) is 2.91. The first-order valence-electron chi connectivity index (χ1n) is 9.61. The van der Waals surface area contributed by atoms with Gasteiger partial charge in [0.1, 0.15) is 7.85 Å². The SMILES string of the molecule is [B]c1cc(CCC(Cc2ccc(C=O)cn2)C(=O)OCC(C)(C)C)c(=O)n(C)c1. The van der Waals surface area contributed by atoms with Crippen LogP contribution in [0, 0.1) is 11.3 Å². The van der Waals surface area contributed by atoms with Crippen molar-refractivity contribution in [3.05, 3.63) is 57.8 Å². The summed E-state index contributed by atoms with van der Waals surface area (Å²) in [6.07, 6.45) is 4.97. The fourth-order valence-corrected chi connectivity index (χ4v) is 2.91. The maximum Gasteiger partial charge on any atom is 0.309 e. The molecule has 7 heteroatoms. The van der Waals surface area contributed by atoms with Crippen LogP contribution in [-0.2, 0) is 29.4 Å². The predicted octanol–water partition coefficient (Wildman–Crippen LogP) is 1.77. The molecule has 0 N–H and O–H groups in total. The molecule has 0 saturated carbocycles. The maximum absolute atomic E-state index is 12.7. The highest BCUT2D eigenvalue weighted by atomic mass is 16.5. The van der Waals surface area contributed by atoms with E-state index < -0.39 is 5.92 Å². The van der Waals surface area contributed by atoms with E-state index in [0.717, 1.165) is 6.29 Å². The molecule has 6 nitrogen and oxygen atoms in total. The lowest BCUT2D eigenvalue weighted by atomic mass is 9.92. The van der Waals surface area contributed by atoms with E-state index in [1.165, 1.54) is 10.8 Å². The normalized spacial score (nSPS) is 12.4. The van der Waals surface area contributed by atoms with Crippen LogP contribution in [0.3, 0.4) is 0 Å². The van der Waals surface area contributed by atoms with Gasteiger partial charge in [-0.25, -0.2) is 0 Å². The van der Waals surface area contributed by atoms with Gasteiger partial charge in [0, 0.05) is 36.5 Å². The Balaban J connectivity index is 2.17. The number of carbonyl (C=O) groups excluding carboxylic acids is 2. The molecule has 29 heavy (non-hydrogen) atoms. The number of carbonyl (C=O) groups is 2. The zero-order valence-corrected chi connectivity index (χ0v) is 17.5. The Morgan fingerprint density at radius 2 is 2.07 bits per heavy atom. The number of pyridine rings is 2. The zero-order valence-electron chi connectivity index (χ0n) is 17.5. The number of esters is 1. The Kier molecular flexibility index (Phi) is 7.54. The lowest BCUT2D eigenvalue weighted by Gasteiger charge is -2.21. The van der Waals surface area contributed by atoms with Crippen molar-refractivity contribution >= 4 is 25.6 Å². The van der Waals surface area contributed by atoms with Crippen molar-refractivity contribution in [1.29, 1.82) is 0 Å². The van der Waals surface area contributed by atoms with Gasteiger partial charge in [-0.1, -0.05) is 32.3 Å². The van der Waals surface area contributed by atoms with Gasteiger partial charge in [0.15, 0.2) is 6.29 Å². The van der Waals surface area contributed by atoms with E-state index in [1.54, 1.807) is 31.4 Å². The predicted molar refractivity (Wildman–Crippen MR) is 113 cm³/mol. The Hall–Kier alpha value is -2.70. The Bertz CT molecular complexity index is 914. The molecule has 0 spiro atoms. The summed E-state index contributed by atoms with van der Waals surface area (Å²) in [7, 11) is 7.50. The van der Waals surface area contributed by atoms with Crippen molar-refractivity contribution in [2.24, 2.45) is 18.4 Å². The van der Waals surface area contributed by atoms with Gasteiger partial charge in [0.25, 0.3) is 5.56 Å². The van der Waals surface area contributed by atoms with Gasteiger partial charge in [0.05, 0.1) is 12.5 Å². The fraction of sp³-hybridized carbons (Fsp3) is 0.455. The first kappa shape index (κ1) is 22.6. The molecule has 0 aliphatic carbocycles. The molecule has 0 bridgehead atoms. The first-order valence-corrected chi connectivity index (χ1v) is 9.61. The number of aromatic nitrogens is 2. The molecule has 2 rings (SSSR count). The van der Waals surface area contributed by atoms with Crippen LogP contribution in [0.25, 0.3) is 0 Å². The van der Waals surface area contributed by atoms with Crippen molar-refractivity contribution in [2.75, 3.05) is 6.61 Å². The molecule has 0 aliphatic rings. The number of hydrogen-bond donors (Lipinski definition) is 0. The van der Waals surface area contributed by atoms with Crippen LogP contribution in [0.5, 0.6) is 0 Å². The minimum absolute atomic E-state index is 0.130. The summed E-state index contributed by atoms with van der Waals surface area (Å²) < 4.78 is 6.96. The van der Waals surface area contributed by atoms with E-state index in [4.69, 9.17) is 12.6 Å². The number of rotatable bonds is 8. The van der Waals surface area contributed by atoms with E-state index in [2.05, 4.69) is 4.98 Å².